The van der Waals surface area contributed by atoms with Gasteiger partial charge in [0.1, 0.15) is 0 Å². The first-order valence-corrected chi connectivity index (χ1v) is 21.6. The number of carbonyl (C=O) groups is 3. The van der Waals surface area contributed by atoms with Crippen molar-refractivity contribution in [1.82, 2.24) is 10.2 Å². The lowest BCUT2D eigenvalue weighted by molar-refractivity contribution is -0.118. The first-order valence-electron chi connectivity index (χ1n) is 21.6. The quantitative estimate of drug-likeness (QED) is 0.184. The molecular weight excluding hydrogens is 713 g/mol. The third-order valence-electron chi connectivity index (χ3n) is 6.52. The Hall–Kier alpha value is -5.29. The molecule has 1 N–H and O–H groups in total. The maximum atomic E-state index is 11.9. The number of imide groups is 1. The fraction of sp³-hybridized carbons (Fsp3) is 0.377. The number of hydrogen-bond acceptors (Lipinski definition) is 3. The van der Waals surface area contributed by atoms with Gasteiger partial charge in [0.2, 0.25) is 5.91 Å². The minimum absolute atomic E-state index is 0.00463. The smallest absolute Gasteiger partial charge is 0.261 e. The summed E-state index contributed by atoms with van der Waals surface area (Å²) in [6, 6.07) is 48.6. The highest BCUT2D eigenvalue weighted by molar-refractivity contribution is 6.21. The fourth-order valence-corrected chi connectivity index (χ4v) is 4.16. The topological polar surface area (TPSA) is 66.5 Å². The number of nitrogens with one attached hydrogen (secondary N) is 1. The Morgan fingerprint density at radius 2 is 0.690 bits per heavy atom. The van der Waals surface area contributed by atoms with E-state index in [1.807, 2.05) is 162 Å². The highest BCUT2D eigenvalue weighted by atomic mass is 16.2. The van der Waals surface area contributed by atoms with Gasteiger partial charge in [0.05, 0.1) is 11.1 Å². The number of benzene rings is 5. The van der Waals surface area contributed by atoms with Crippen LogP contribution in [0.25, 0.3) is 0 Å². The van der Waals surface area contributed by atoms with Crippen molar-refractivity contribution in [3.8, 4) is 0 Å². The van der Waals surface area contributed by atoms with E-state index in [0.29, 0.717) is 11.1 Å². The summed E-state index contributed by atoms with van der Waals surface area (Å²) in [7, 11) is 3.11. The summed E-state index contributed by atoms with van der Waals surface area (Å²) in [5.74, 6) is -0.425. The van der Waals surface area contributed by atoms with Crippen molar-refractivity contribution >= 4 is 17.7 Å². The Morgan fingerprint density at radius 3 is 0.966 bits per heavy atom. The van der Waals surface area contributed by atoms with Crippen LogP contribution in [0.3, 0.4) is 0 Å². The molecule has 0 aromatic heterocycles. The van der Waals surface area contributed by atoms with E-state index in [2.05, 4.69) is 79.8 Å². The van der Waals surface area contributed by atoms with Crippen molar-refractivity contribution in [3.05, 3.63) is 179 Å². The van der Waals surface area contributed by atoms with Gasteiger partial charge >= 0.3 is 0 Å². The molecule has 3 amide bonds. The Kier molecular flexibility index (Phi) is 51.1. The van der Waals surface area contributed by atoms with Crippen molar-refractivity contribution in [1.29, 1.82) is 0 Å². The zero-order chi connectivity index (χ0) is 45.6. The van der Waals surface area contributed by atoms with Crippen LogP contribution in [0.1, 0.15) is 153 Å². The summed E-state index contributed by atoms with van der Waals surface area (Å²) in [6.45, 7) is 29.7. The van der Waals surface area contributed by atoms with Crippen molar-refractivity contribution in [2.24, 2.45) is 0 Å². The van der Waals surface area contributed by atoms with Crippen LogP contribution in [0.4, 0.5) is 0 Å². The summed E-state index contributed by atoms with van der Waals surface area (Å²) in [4.78, 5) is 34.6. The van der Waals surface area contributed by atoms with Gasteiger partial charge in [-0.25, -0.2) is 0 Å². The molecule has 1 aliphatic rings. The van der Waals surface area contributed by atoms with Crippen LogP contribution in [-0.4, -0.2) is 36.7 Å². The average Bonchev–Trinajstić information content (AvgIpc) is 3.53. The van der Waals surface area contributed by atoms with Crippen molar-refractivity contribution in [2.75, 3.05) is 14.1 Å². The standard InChI is InChI=1S/C16H13NO2.C13H12.C6H6.C3H7NO.C3H8.6C2H6/c1-17-15(18)13-8-7-12(10-14(13)16(17)19)9-11-5-3-2-4-6-11;1-3-7-12(8-4-1)11-13-9-5-2-6-10-13;1-2-4-6-5-3-1;1-3(5)4-2;1-3-2;6*1-2/h2-8,10H,9H2,1H3;1-10H,11H2;1-6H;1-2H3,(H,4,5);3H2,1-2H3;6*1-2H3. The Labute approximate surface area is 357 Å². The van der Waals surface area contributed by atoms with Crippen LogP contribution >= 0.6 is 0 Å². The second kappa shape index (κ2) is 47.9. The fourth-order valence-electron chi connectivity index (χ4n) is 4.16. The molecule has 0 saturated heterocycles. The van der Waals surface area contributed by atoms with Crippen LogP contribution in [0.5, 0.6) is 0 Å². The van der Waals surface area contributed by atoms with Crippen molar-refractivity contribution < 1.29 is 14.4 Å². The number of hydrogen-bond donors (Lipinski definition) is 1. The number of fused-ring (bicyclic) bond motifs is 1. The van der Waals surface area contributed by atoms with E-state index in [9.17, 15) is 14.4 Å². The van der Waals surface area contributed by atoms with Crippen molar-refractivity contribution in [2.45, 2.75) is 123 Å². The van der Waals surface area contributed by atoms with Gasteiger partial charge in [0.25, 0.3) is 11.8 Å². The van der Waals surface area contributed by atoms with E-state index in [0.717, 1.165) is 23.3 Å². The lowest BCUT2D eigenvalue weighted by Gasteiger charge is -2.03. The summed E-state index contributed by atoms with van der Waals surface area (Å²) in [5, 5.41) is 2.39. The molecule has 0 radical (unpaired) electrons. The molecule has 0 aliphatic carbocycles. The normalized spacial score (nSPS) is 9.09. The highest BCUT2D eigenvalue weighted by Gasteiger charge is 2.32. The Bertz CT molecular complexity index is 1510. The minimum Gasteiger partial charge on any atom is -0.359 e. The molecular formula is C53H82N2O3. The number of carbonyl (C=O) groups excluding carboxylic acids is 3. The molecule has 0 bridgehead atoms. The van der Waals surface area contributed by atoms with E-state index < -0.39 is 0 Å². The zero-order valence-electron chi connectivity index (χ0n) is 39.6. The molecule has 0 unspecified atom stereocenters. The second-order valence-corrected chi connectivity index (χ2v) is 10.5. The van der Waals surface area contributed by atoms with Crippen molar-refractivity contribution in [3.63, 3.8) is 0 Å². The maximum absolute atomic E-state index is 11.9. The average molecular weight is 795 g/mol. The summed E-state index contributed by atoms with van der Waals surface area (Å²) < 4.78 is 0. The predicted octanol–water partition coefficient (Wildman–Crippen LogP) is 14.8. The maximum Gasteiger partial charge on any atom is 0.261 e. The molecule has 5 heteroatoms. The van der Waals surface area contributed by atoms with Gasteiger partial charge in [-0.15, -0.1) is 0 Å². The molecule has 0 fully saturated rings. The number of rotatable bonds is 4. The van der Waals surface area contributed by atoms with Gasteiger partial charge in [0, 0.05) is 21.0 Å². The molecule has 0 atom stereocenters. The highest BCUT2D eigenvalue weighted by Crippen LogP contribution is 2.23. The lowest BCUT2D eigenvalue weighted by atomic mass is 10.0. The minimum atomic E-state index is -0.216. The van der Waals surface area contributed by atoms with E-state index in [1.165, 1.54) is 37.1 Å². The summed E-state index contributed by atoms with van der Waals surface area (Å²) in [6.07, 6.45) is 3.04. The monoisotopic (exact) mass is 795 g/mol. The van der Waals surface area contributed by atoms with Crippen LogP contribution < -0.4 is 5.32 Å². The molecule has 6 rings (SSSR count). The molecule has 5 nitrogen and oxygen atoms in total. The number of amides is 3. The van der Waals surface area contributed by atoms with Crippen LogP contribution in [-0.2, 0) is 17.6 Å². The van der Waals surface area contributed by atoms with Gasteiger partial charge in [0.15, 0.2) is 0 Å². The van der Waals surface area contributed by atoms with Crippen LogP contribution in [0.15, 0.2) is 146 Å². The van der Waals surface area contributed by atoms with E-state index >= 15 is 0 Å². The molecule has 322 valence electrons. The summed E-state index contributed by atoms with van der Waals surface area (Å²) >= 11 is 0. The first-order chi connectivity index (χ1) is 28.3. The van der Waals surface area contributed by atoms with Crippen LogP contribution in [0.2, 0.25) is 0 Å². The predicted molar refractivity (Wildman–Crippen MR) is 258 cm³/mol. The zero-order valence-corrected chi connectivity index (χ0v) is 39.6. The molecule has 5 aromatic rings. The van der Waals surface area contributed by atoms with Gasteiger partial charge in [-0.05, 0) is 47.2 Å². The second-order valence-electron chi connectivity index (χ2n) is 10.5. The van der Waals surface area contributed by atoms with Crippen LogP contribution in [0, 0.1) is 0 Å². The molecule has 0 saturated carbocycles. The molecule has 0 spiro atoms. The molecule has 1 aliphatic heterocycles. The van der Waals surface area contributed by atoms with Gasteiger partial charge < -0.3 is 5.32 Å². The van der Waals surface area contributed by atoms with Gasteiger partial charge in [-0.2, -0.15) is 0 Å². The van der Waals surface area contributed by atoms with Gasteiger partial charge in [-0.3, -0.25) is 19.3 Å². The molecule has 1 heterocycles. The Balaban J connectivity index is -0.000000209. The lowest BCUT2D eigenvalue weighted by Crippen LogP contribution is -2.24. The molecule has 5 aromatic carbocycles. The first kappa shape index (κ1) is 61.9. The Morgan fingerprint density at radius 1 is 0.448 bits per heavy atom. The summed E-state index contributed by atoms with van der Waals surface area (Å²) in [5.41, 5.74) is 5.99. The van der Waals surface area contributed by atoms with E-state index in [4.69, 9.17) is 0 Å². The third kappa shape index (κ3) is 30.9. The van der Waals surface area contributed by atoms with E-state index in [1.54, 1.807) is 13.1 Å². The van der Waals surface area contributed by atoms with E-state index in [-0.39, 0.29) is 17.7 Å². The SMILES string of the molecule is CC.CC.CC.CC.CC.CC.CCC.CN1C(=O)c2ccc(Cc3ccccc3)cc2C1=O.CNC(C)=O.c1ccc(Cc2ccccc2)cc1.c1ccccc1. The molecule has 58 heavy (non-hydrogen) atoms. The third-order valence-corrected chi connectivity index (χ3v) is 6.52. The number of nitrogens with zero attached hydrogens (tertiary/aromatic N) is 1. The largest absolute Gasteiger partial charge is 0.359 e. The van der Waals surface area contributed by atoms with Gasteiger partial charge in [-0.1, -0.05) is 237 Å².